The average molecular weight is 271 g/mol. The summed E-state index contributed by atoms with van der Waals surface area (Å²) in [4.78, 5) is 0. The fraction of sp³-hybridized carbons (Fsp3) is 0.571. The highest BCUT2D eigenvalue weighted by molar-refractivity contribution is 5.43. The second-order valence-corrected chi connectivity index (χ2v) is 4.76. The summed E-state index contributed by atoms with van der Waals surface area (Å²) in [7, 11) is 1.44. The molecule has 1 aliphatic carbocycles. The first-order valence-electron chi connectivity index (χ1n) is 6.51. The van der Waals surface area contributed by atoms with Crippen LogP contribution < -0.4 is 14.8 Å². The third-order valence-corrected chi connectivity index (χ3v) is 3.16. The molecule has 0 bridgehead atoms. The first kappa shape index (κ1) is 14.1. The van der Waals surface area contributed by atoms with E-state index in [0.29, 0.717) is 5.75 Å². The Labute approximate surface area is 111 Å². The first-order chi connectivity index (χ1) is 9.19. The predicted octanol–water partition coefficient (Wildman–Crippen LogP) is 2.84. The maximum Gasteiger partial charge on any atom is 0.387 e. The highest BCUT2D eigenvalue weighted by atomic mass is 19.3. The van der Waals surface area contributed by atoms with Gasteiger partial charge in [0, 0.05) is 0 Å². The number of hydrogen-bond donors (Lipinski definition) is 1. The van der Waals surface area contributed by atoms with Gasteiger partial charge < -0.3 is 14.8 Å². The van der Waals surface area contributed by atoms with Crippen LogP contribution in [0, 0.1) is 5.92 Å². The Balaban J connectivity index is 1.87. The Morgan fingerprint density at radius 1 is 1.32 bits per heavy atom. The number of halogens is 2. The maximum absolute atomic E-state index is 12.3. The van der Waals surface area contributed by atoms with Crippen LogP contribution in [0.1, 0.15) is 18.4 Å². The highest BCUT2D eigenvalue weighted by Crippen LogP contribution is 2.30. The van der Waals surface area contributed by atoms with Gasteiger partial charge in [-0.3, -0.25) is 0 Å². The molecule has 1 aromatic carbocycles. The summed E-state index contributed by atoms with van der Waals surface area (Å²) in [6.45, 7) is -0.940. The van der Waals surface area contributed by atoms with Gasteiger partial charge in [0.05, 0.1) is 7.11 Å². The summed E-state index contributed by atoms with van der Waals surface area (Å²) in [6.07, 6.45) is 3.43. The van der Waals surface area contributed by atoms with Crippen LogP contribution in [0.4, 0.5) is 8.78 Å². The number of nitrogens with one attached hydrogen (secondary N) is 1. The lowest BCUT2D eigenvalue weighted by Gasteiger charge is -2.11. The zero-order chi connectivity index (χ0) is 13.7. The van der Waals surface area contributed by atoms with E-state index in [4.69, 9.17) is 4.74 Å². The van der Waals surface area contributed by atoms with Gasteiger partial charge in [0.25, 0.3) is 0 Å². The van der Waals surface area contributed by atoms with Crippen LogP contribution in [0.15, 0.2) is 18.2 Å². The lowest BCUT2D eigenvalue weighted by molar-refractivity contribution is -0.0512. The van der Waals surface area contributed by atoms with Gasteiger partial charge in [-0.25, -0.2) is 0 Å². The quantitative estimate of drug-likeness (QED) is 0.737. The van der Waals surface area contributed by atoms with Crippen molar-refractivity contribution in [1.82, 2.24) is 5.32 Å². The third-order valence-electron chi connectivity index (χ3n) is 3.16. The third kappa shape index (κ3) is 4.67. The van der Waals surface area contributed by atoms with Gasteiger partial charge in [-0.2, -0.15) is 8.78 Å². The largest absolute Gasteiger partial charge is 0.493 e. The molecule has 1 saturated carbocycles. The summed E-state index contributed by atoms with van der Waals surface area (Å²) in [5, 5.41) is 3.36. The van der Waals surface area contributed by atoms with E-state index in [1.807, 2.05) is 6.07 Å². The lowest BCUT2D eigenvalue weighted by Crippen LogP contribution is -2.19. The highest BCUT2D eigenvalue weighted by Gasteiger charge is 2.20. The molecule has 0 aliphatic heterocycles. The number of benzene rings is 1. The Morgan fingerprint density at radius 3 is 2.74 bits per heavy atom. The SMILES string of the molecule is COc1ccc(CCNCC2CC2)cc1OC(F)F. The van der Waals surface area contributed by atoms with Gasteiger partial charge in [0.2, 0.25) is 0 Å². The normalized spacial score (nSPS) is 14.7. The minimum atomic E-state index is -2.84. The van der Waals surface area contributed by atoms with E-state index in [1.54, 1.807) is 12.1 Å². The van der Waals surface area contributed by atoms with Gasteiger partial charge in [-0.05, 0) is 56.0 Å². The fourth-order valence-electron chi connectivity index (χ4n) is 1.93. The smallest absolute Gasteiger partial charge is 0.387 e. The first-order valence-corrected chi connectivity index (χ1v) is 6.51. The molecule has 0 spiro atoms. The zero-order valence-corrected chi connectivity index (χ0v) is 11.0. The molecular formula is C14H19F2NO2. The van der Waals surface area contributed by atoms with Crippen molar-refractivity contribution in [3.63, 3.8) is 0 Å². The van der Waals surface area contributed by atoms with E-state index in [1.165, 1.54) is 20.0 Å². The molecule has 19 heavy (non-hydrogen) atoms. The van der Waals surface area contributed by atoms with Crippen LogP contribution >= 0.6 is 0 Å². The molecule has 0 aromatic heterocycles. The van der Waals surface area contributed by atoms with E-state index >= 15 is 0 Å². The van der Waals surface area contributed by atoms with E-state index in [-0.39, 0.29) is 5.75 Å². The van der Waals surface area contributed by atoms with Crippen LogP contribution in [0.5, 0.6) is 11.5 Å². The minimum absolute atomic E-state index is 0.0946. The van der Waals surface area contributed by atoms with Gasteiger partial charge in [0.1, 0.15) is 0 Å². The topological polar surface area (TPSA) is 30.5 Å². The molecule has 5 heteroatoms. The number of ether oxygens (including phenoxy) is 2. The van der Waals surface area contributed by atoms with Crippen LogP contribution in [0.3, 0.4) is 0 Å². The lowest BCUT2D eigenvalue weighted by atomic mass is 10.1. The Kier molecular flexibility index (Phi) is 4.96. The number of alkyl halides is 2. The number of rotatable bonds is 8. The van der Waals surface area contributed by atoms with E-state index in [9.17, 15) is 8.78 Å². The second-order valence-electron chi connectivity index (χ2n) is 4.76. The standard InChI is InChI=1S/C14H19F2NO2/c1-18-12-5-4-10(8-13(12)19-14(15)16)6-7-17-9-11-2-3-11/h4-5,8,11,14,17H,2-3,6-7,9H2,1H3. The van der Waals surface area contributed by atoms with Crippen LogP contribution in [0.25, 0.3) is 0 Å². The van der Waals surface area contributed by atoms with E-state index in [2.05, 4.69) is 10.1 Å². The molecule has 106 valence electrons. The Morgan fingerprint density at radius 2 is 2.11 bits per heavy atom. The molecular weight excluding hydrogens is 252 g/mol. The molecule has 0 saturated heterocycles. The van der Waals surface area contributed by atoms with Crippen molar-refractivity contribution in [2.45, 2.75) is 25.9 Å². The van der Waals surface area contributed by atoms with Crippen molar-refractivity contribution in [3.05, 3.63) is 23.8 Å². The van der Waals surface area contributed by atoms with Crippen molar-refractivity contribution in [3.8, 4) is 11.5 Å². The molecule has 0 atom stereocenters. The van der Waals surface area contributed by atoms with Gasteiger partial charge >= 0.3 is 6.61 Å². The van der Waals surface area contributed by atoms with Crippen molar-refractivity contribution < 1.29 is 18.3 Å². The summed E-state index contributed by atoms with van der Waals surface area (Å²) >= 11 is 0. The fourth-order valence-corrected chi connectivity index (χ4v) is 1.93. The minimum Gasteiger partial charge on any atom is -0.493 e. The van der Waals surface area contributed by atoms with Crippen molar-refractivity contribution in [1.29, 1.82) is 0 Å². The molecule has 3 nitrogen and oxygen atoms in total. The molecule has 0 radical (unpaired) electrons. The monoisotopic (exact) mass is 271 g/mol. The van der Waals surface area contributed by atoms with E-state index < -0.39 is 6.61 Å². The number of methoxy groups -OCH3 is 1. The van der Waals surface area contributed by atoms with Crippen LogP contribution in [0.2, 0.25) is 0 Å². The zero-order valence-electron chi connectivity index (χ0n) is 11.0. The molecule has 1 aliphatic rings. The predicted molar refractivity (Wildman–Crippen MR) is 68.9 cm³/mol. The summed E-state index contributed by atoms with van der Waals surface area (Å²) in [5.74, 6) is 1.26. The molecule has 0 heterocycles. The summed E-state index contributed by atoms with van der Waals surface area (Å²) < 4.78 is 34.0. The van der Waals surface area contributed by atoms with Crippen LogP contribution in [-0.2, 0) is 6.42 Å². The van der Waals surface area contributed by atoms with Crippen LogP contribution in [-0.4, -0.2) is 26.8 Å². The second kappa shape index (κ2) is 6.70. The molecule has 2 rings (SSSR count). The van der Waals surface area contributed by atoms with Crippen molar-refractivity contribution >= 4 is 0 Å². The van der Waals surface area contributed by atoms with Crippen molar-refractivity contribution in [2.75, 3.05) is 20.2 Å². The maximum atomic E-state index is 12.3. The molecule has 1 N–H and O–H groups in total. The molecule has 1 aromatic rings. The van der Waals surface area contributed by atoms with Gasteiger partial charge in [0.15, 0.2) is 11.5 Å². The molecule has 0 unspecified atom stereocenters. The number of hydrogen-bond acceptors (Lipinski definition) is 3. The average Bonchev–Trinajstić information content (AvgIpc) is 3.18. The van der Waals surface area contributed by atoms with E-state index in [0.717, 1.165) is 31.0 Å². The summed E-state index contributed by atoms with van der Waals surface area (Å²) in [5.41, 5.74) is 0.958. The summed E-state index contributed by atoms with van der Waals surface area (Å²) in [6, 6.07) is 5.15. The molecule has 0 amide bonds. The van der Waals surface area contributed by atoms with Crippen molar-refractivity contribution in [2.24, 2.45) is 5.92 Å². The Bertz CT molecular complexity index is 408. The van der Waals surface area contributed by atoms with Gasteiger partial charge in [-0.1, -0.05) is 6.07 Å². The molecule has 1 fully saturated rings. The Hall–Kier alpha value is -1.36. The van der Waals surface area contributed by atoms with Gasteiger partial charge in [-0.15, -0.1) is 0 Å².